The average Bonchev–Trinajstić information content (AvgIpc) is 2.63. The number of hydrogen-bond acceptors (Lipinski definition) is 2. The van der Waals surface area contributed by atoms with Crippen LogP contribution in [0.25, 0.3) is 0 Å². The molecule has 1 aliphatic carbocycles. The Morgan fingerprint density at radius 1 is 1.25 bits per heavy atom. The molecule has 0 atom stereocenters. The highest BCUT2D eigenvalue weighted by Gasteiger charge is 2.41. The molecule has 1 rings (SSSR count). The average molecular weight is 226 g/mol. The SMILES string of the molecule is CCOC1(C(=O)CCC(C)(C)C)CCCC1. The van der Waals surface area contributed by atoms with Crippen LogP contribution in [0.15, 0.2) is 0 Å². The van der Waals surface area contributed by atoms with Gasteiger partial charge >= 0.3 is 0 Å². The lowest BCUT2D eigenvalue weighted by molar-refractivity contribution is -0.144. The number of carbonyl (C=O) groups is 1. The Morgan fingerprint density at radius 3 is 2.25 bits per heavy atom. The van der Waals surface area contributed by atoms with Crippen molar-refractivity contribution in [3.8, 4) is 0 Å². The zero-order valence-electron chi connectivity index (χ0n) is 11.3. The van der Waals surface area contributed by atoms with Crippen LogP contribution in [0.1, 0.15) is 66.2 Å². The Bertz CT molecular complexity index is 232. The van der Waals surface area contributed by atoms with Gasteiger partial charge in [-0.1, -0.05) is 20.8 Å². The normalized spacial score (nSPS) is 20.0. The molecule has 0 unspecified atom stereocenters. The van der Waals surface area contributed by atoms with Gasteiger partial charge in [-0.3, -0.25) is 4.79 Å². The molecule has 1 fully saturated rings. The first kappa shape index (κ1) is 13.7. The van der Waals surface area contributed by atoms with Crippen molar-refractivity contribution >= 4 is 5.78 Å². The van der Waals surface area contributed by atoms with Crippen molar-refractivity contribution in [1.82, 2.24) is 0 Å². The van der Waals surface area contributed by atoms with E-state index < -0.39 is 5.60 Å². The highest BCUT2D eigenvalue weighted by atomic mass is 16.5. The van der Waals surface area contributed by atoms with Gasteiger partial charge in [-0.05, 0) is 44.4 Å². The molecule has 16 heavy (non-hydrogen) atoms. The van der Waals surface area contributed by atoms with E-state index in [1.54, 1.807) is 0 Å². The van der Waals surface area contributed by atoms with Crippen LogP contribution in [-0.2, 0) is 9.53 Å². The van der Waals surface area contributed by atoms with Gasteiger partial charge in [0.1, 0.15) is 5.60 Å². The number of ether oxygens (including phenoxy) is 1. The highest BCUT2D eigenvalue weighted by Crippen LogP contribution is 2.36. The quantitative estimate of drug-likeness (QED) is 0.714. The van der Waals surface area contributed by atoms with E-state index in [0.717, 1.165) is 32.1 Å². The minimum absolute atomic E-state index is 0.238. The lowest BCUT2D eigenvalue weighted by Crippen LogP contribution is -2.39. The third-order valence-corrected chi connectivity index (χ3v) is 3.44. The molecular weight excluding hydrogens is 200 g/mol. The molecule has 0 aliphatic heterocycles. The van der Waals surface area contributed by atoms with Gasteiger partial charge in [0.05, 0.1) is 0 Å². The van der Waals surface area contributed by atoms with Gasteiger partial charge in [0.25, 0.3) is 0 Å². The predicted molar refractivity (Wildman–Crippen MR) is 66.5 cm³/mol. The van der Waals surface area contributed by atoms with Crippen LogP contribution < -0.4 is 0 Å². The van der Waals surface area contributed by atoms with Crippen LogP contribution in [0.4, 0.5) is 0 Å². The van der Waals surface area contributed by atoms with E-state index in [9.17, 15) is 4.79 Å². The van der Waals surface area contributed by atoms with Gasteiger partial charge in [0, 0.05) is 13.0 Å². The Morgan fingerprint density at radius 2 is 1.81 bits per heavy atom. The molecule has 0 aromatic heterocycles. The van der Waals surface area contributed by atoms with Crippen molar-refractivity contribution in [1.29, 1.82) is 0 Å². The van der Waals surface area contributed by atoms with E-state index in [0.29, 0.717) is 18.8 Å². The molecule has 0 radical (unpaired) electrons. The molecule has 0 bridgehead atoms. The largest absolute Gasteiger partial charge is 0.368 e. The van der Waals surface area contributed by atoms with Gasteiger partial charge in [-0.25, -0.2) is 0 Å². The fourth-order valence-corrected chi connectivity index (χ4v) is 2.44. The minimum atomic E-state index is -0.417. The summed E-state index contributed by atoms with van der Waals surface area (Å²) in [5.74, 6) is 0.335. The molecule has 0 saturated heterocycles. The molecule has 94 valence electrons. The number of rotatable bonds is 5. The Balaban J connectivity index is 2.55. The predicted octanol–water partition coefficient (Wildman–Crippen LogP) is 3.73. The van der Waals surface area contributed by atoms with E-state index in [4.69, 9.17) is 4.74 Å². The zero-order valence-corrected chi connectivity index (χ0v) is 11.3. The zero-order chi connectivity index (χ0) is 12.2. The van der Waals surface area contributed by atoms with Crippen LogP contribution in [0.3, 0.4) is 0 Å². The first-order chi connectivity index (χ1) is 7.40. The second-order valence-corrected chi connectivity index (χ2v) is 6.12. The summed E-state index contributed by atoms with van der Waals surface area (Å²) >= 11 is 0. The second-order valence-electron chi connectivity index (χ2n) is 6.12. The Kier molecular flexibility index (Phi) is 4.54. The summed E-state index contributed by atoms with van der Waals surface area (Å²) in [4.78, 5) is 12.3. The molecule has 2 heteroatoms. The van der Waals surface area contributed by atoms with E-state index in [-0.39, 0.29) is 5.41 Å². The van der Waals surface area contributed by atoms with Crippen molar-refractivity contribution in [3.05, 3.63) is 0 Å². The van der Waals surface area contributed by atoms with Gasteiger partial charge in [0.15, 0.2) is 5.78 Å². The van der Waals surface area contributed by atoms with Gasteiger partial charge in [0.2, 0.25) is 0 Å². The second kappa shape index (κ2) is 5.31. The van der Waals surface area contributed by atoms with Crippen molar-refractivity contribution < 1.29 is 9.53 Å². The van der Waals surface area contributed by atoms with Crippen LogP contribution in [0.2, 0.25) is 0 Å². The summed E-state index contributed by atoms with van der Waals surface area (Å²) in [6, 6.07) is 0. The van der Waals surface area contributed by atoms with Crippen LogP contribution in [0, 0.1) is 5.41 Å². The van der Waals surface area contributed by atoms with Crippen LogP contribution >= 0.6 is 0 Å². The number of Topliss-reactive ketones (excluding diaryl/α,β-unsaturated/α-hetero) is 1. The molecule has 0 N–H and O–H groups in total. The molecule has 0 amide bonds. The standard InChI is InChI=1S/C14H26O2/c1-5-16-14(9-6-7-10-14)12(15)8-11-13(2,3)4/h5-11H2,1-4H3. The minimum Gasteiger partial charge on any atom is -0.368 e. The van der Waals surface area contributed by atoms with Crippen molar-refractivity contribution in [2.45, 2.75) is 71.8 Å². The summed E-state index contributed by atoms with van der Waals surface area (Å²) in [6.07, 6.45) is 5.78. The van der Waals surface area contributed by atoms with E-state index in [2.05, 4.69) is 20.8 Å². The third-order valence-electron chi connectivity index (χ3n) is 3.44. The van der Waals surface area contributed by atoms with Crippen molar-refractivity contribution in [3.63, 3.8) is 0 Å². The monoisotopic (exact) mass is 226 g/mol. The lowest BCUT2D eigenvalue weighted by Gasteiger charge is -2.28. The van der Waals surface area contributed by atoms with Crippen LogP contribution in [0.5, 0.6) is 0 Å². The van der Waals surface area contributed by atoms with E-state index in [1.165, 1.54) is 0 Å². The number of carbonyl (C=O) groups excluding carboxylic acids is 1. The van der Waals surface area contributed by atoms with Gasteiger partial charge in [-0.15, -0.1) is 0 Å². The highest BCUT2D eigenvalue weighted by molar-refractivity contribution is 5.87. The van der Waals surface area contributed by atoms with E-state index >= 15 is 0 Å². The molecule has 0 spiro atoms. The fourth-order valence-electron chi connectivity index (χ4n) is 2.44. The number of ketones is 1. The van der Waals surface area contributed by atoms with Crippen LogP contribution in [-0.4, -0.2) is 18.0 Å². The fraction of sp³-hybridized carbons (Fsp3) is 0.929. The van der Waals surface area contributed by atoms with Gasteiger partial charge < -0.3 is 4.74 Å². The smallest absolute Gasteiger partial charge is 0.164 e. The molecule has 0 aromatic carbocycles. The number of hydrogen-bond donors (Lipinski definition) is 0. The first-order valence-electron chi connectivity index (χ1n) is 6.57. The molecule has 2 nitrogen and oxygen atoms in total. The summed E-state index contributed by atoms with van der Waals surface area (Å²) in [7, 11) is 0. The Hall–Kier alpha value is -0.370. The summed E-state index contributed by atoms with van der Waals surface area (Å²) < 4.78 is 5.77. The maximum Gasteiger partial charge on any atom is 0.164 e. The van der Waals surface area contributed by atoms with Crippen molar-refractivity contribution in [2.24, 2.45) is 5.41 Å². The Labute approximate surface area is 99.8 Å². The molecule has 0 aromatic rings. The first-order valence-corrected chi connectivity index (χ1v) is 6.57. The molecule has 0 heterocycles. The lowest BCUT2D eigenvalue weighted by atomic mass is 9.85. The maximum absolute atomic E-state index is 12.3. The summed E-state index contributed by atoms with van der Waals surface area (Å²) in [6.45, 7) is 9.19. The molecular formula is C14H26O2. The molecule has 1 saturated carbocycles. The van der Waals surface area contributed by atoms with Gasteiger partial charge in [-0.2, -0.15) is 0 Å². The third kappa shape index (κ3) is 3.58. The maximum atomic E-state index is 12.3. The summed E-state index contributed by atoms with van der Waals surface area (Å²) in [5.41, 5.74) is -0.179. The van der Waals surface area contributed by atoms with E-state index in [1.807, 2.05) is 6.92 Å². The topological polar surface area (TPSA) is 26.3 Å². The summed E-state index contributed by atoms with van der Waals surface area (Å²) in [5, 5.41) is 0. The molecule has 1 aliphatic rings. The van der Waals surface area contributed by atoms with Crippen molar-refractivity contribution in [2.75, 3.05) is 6.61 Å².